The summed E-state index contributed by atoms with van der Waals surface area (Å²) in [4.78, 5) is 0. The maximum atomic E-state index is 10.7. The van der Waals surface area contributed by atoms with Gasteiger partial charge in [0.25, 0.3) is 0 Å². The van der Waals surface area contributed by atoms with Crippen molar-refractivity contribution in [2.24, 2.45) is 46.2 Å². The smallest absolute Gasteiger partial charge is 0.0625 e. The Bertz CT molecular complexity index is 488. The molecular formula is C22H39NO. The van der Waals surface area contributed by atoms with E-state index >= 15 is 0 Å². The molecule has 2 nitrogen and oxygen atoms in total. The fourth-order valence-electron chi connectivity index (χ4n) is 8.34. The minimum atomic E-state index is -0.420. The maximum Gasteiger partial charge on any atom is 0.0625 e. The van der Waals surface area contributed by atoms with E-state index in [-0.39, 0.29) is 0 Å². The van der Waals surface area contributed by atoms with Gasteiger partial charge in [-0.2, -0.15) is 0 Å². The van der Waals surface area contributed by atoms with Crippen LogP contribution in [0.5, 0.6) is 0 Å². The highest BCUT2D eigenvalue weighted by molar-refractivity contribution is 5.08. The molecule has 0 spiro atoms. The Morgan fingerprint density at radius 3 is 2.33 bits per heavy atom. The van der Waals surface area contributed by atoms with Crippen molar-refractivity contribution >= 4 is 0 Å². The third kappa shape index (κ3) is 2.50. The molecule has 138 valence electrons. The summed E-state index contributed by atoms with van der Waals surface area (Å²) in [5, 5.41) is 10.7. The minimum absolute atomic E-state index is 0.387. The molecule has 3 N–H and O–H groups in total. The largest absolute Gasteiger partial charge is 0.390 e. The highest BCUT2D eigenvalue weighted by atomic mass is 16.3. The van der Waals surface area contributed by atoms with Crippen LogP contribution in [0.15, 0.2) is 0 Å². The van der Waals surface area contributed by atoms with Gasteiger partial charge < -0.3 is 10.8 Å². The van der Waals surface area contributed by atoms with Gasteiger partial charge in [0.15, 0.2) is 0 Å². The predicted molar refractivity (Wildman–Crippen MR) is 99.5 cm³/mol. The number of aliphatic hydroxyl groups is 1. The monoisotopic (exact) mass is 333 g/mol. The second kappa shape index (κ2) is 5.71. The number of fused-ring (bicyclic) bond motifs is 5. The molecule has 0 bridgehead atoms. The molecule has 0 aromatic heterocycles. The molecule has 0 amide bonds. The Morgan fingerprint density at radius 2 is 1.58 bits per heavy atom. The molecule has 4 aliphatic rings. The van der Waals surface area contributed by atoms with E-state index in [1.54, 1.807) is 0 Å². The van der Waals surface area contributed by atoms with E-state index in [4.69, 9.17) is 5.73 Å². The molecule has 8 atom stereocenters. The predicted octanol–water partition coefficient (Wildman–Crippen LogP) is 4.75. The quantitative estimate of drug-likeness (QED) is 0.727. The Hall–Kier alpha value is -0.0800. The van der Waals surface area contributed by atoms with Gasteiger partial charge in [-0.05, 0) is 112 Å². The maximum absolute atomic E-state index is 10.7. The van der Waals surface area contributed by atoms with Gasteiger partial charge in [-0.3, -0.25) is 0 Å². The molecule has 0 aromatic rings. The fourth-order valence-corrected chi connectivity index (χ4v) is 8.34. The molecule has 0 aromatic carbocycles. The highest BCUT2D eigenvalue weighted by Gasteiger charge is 2.58. The van der Waals surface area contributed by atoms with Gasteiger partial charge in [0.1, 0.15) is 0 Å². The van der Waals surface area contributed by atoms with E-state index in [1.165, 1.54) is 51.4 Å². The van der Waals surface area contributed by atoms with Gasteiger partial charge in [0.2, 0.25) is 0 Å². The van der Waals surface area contributed by atoms with Crippen molar-refractivity contribution in [3.8, 4) is 0 Å². The average Bonchev–Trinajstić information content (AvgIpc) is 2.51. The first-order chi connectivity index (χ1) is 11.3. The van der Waals surface area contributed by atoms with Crippen LogP contribution in [0, 0.1) is 40.4 Å². The lowest BCUT2D eigenvalue weighted by molar-refractivity contribution is -0.155. The standard InChI is InChI=1S/C22H39NO/c1-20-10-7-17-16(18(20)9-11-21(2,24)14-20)8-12-22(3)15(13-23)5-4-6-19(17)22/h15-19,24H,4-14,23H2,1-3H3/t15-,16?,17-,18-,19?,20-,21-,22-/m1/s1. The summed E-state index contributed by atoms with van der Waals surface area (Å²) in [7, 11) is 0. The number of rotatable bonds is 1. The zero-order chi connectivity index (χ0) is 17.2. The van der Waals surface area contributed by atoms with Crippen molar-refractivity contribution < 1.29 is 5.11 Å². The van der Waals surface area contributed by atoms with Crippen LogP contribution >= 0.6 is 0 Å². The summed E-state index contributed by atoms with van der Waals surface area (Å²) in [6.45, 7) is 8.06. The van der Waals surface area contributed by atoms with E-state index in [2.05, 4.69) is 20.8 Å². The third-order valence-corrected chi connectivity index (χ3v) is 9.45. The lowest BCUT2D eigenvalue weighted by atomic mass is 9.42. The summed E-state index contributed by atoms with van der Waals surface area (Å²) in [6, 6.07) is 0. The molecule has 0 aliphatic heterocycles. The topological polar surface area (TPSA) is 46.2 Å². The van der Waals surface area contributed by atoms with E-state index < -0.39 is 5.60 Å². The van der Waals surface area contributed by atoms with Crippen molar-refractivity contribution in [2.75, 3.05) is 6.54 Å². The average molecular weight is 334 g/mol. The Labute approximate surface area is 149 Å². The van der Waals surface area contributed by atoms with E-state index in [0.717, 1.165) is 49.0 Å². The van der Waals surface area contributed by atoms with Crippen molar-refractivity contribution in [1.29, 1.82) is 0 Å². The van der Waals surface area contributed by atoms with Gasteiger partial charge in [-0.1, -0.05) is 20.3 Å². The van der Waals surface area contributed by atoms with E-state index in [1.807, 2.05) is 0 Å². The summed E-state index contributed by atoms with van der Waals surface area (Å²) in [5.41, 5.74) is 6.68. The van der Waals surface area contributed by atoms with Crippen LogP contribution in [-0.2, 0) is 0 Å². The van der Waals surface area contributed by atoms with Crippen LogP contribution in [0.1, 0.15) is 85.0 Å². The zero-order valence-corrected chi connectivity index (χ0v) is 16.2. The molecule has 24 heavy (non-hydrogen) atoms. The first-order valence-electron chi connectivity index (χ1n) is 10.7. The SMILES string of the molecule is C[C@@]1(O)CC[C@@H]2C3CC[C@@]4(C)C(CCC[C@@H]4CN)[C@@H]3CC[C@]2(C)C1. The van der Waals surface area contributed by atoms with E-state index in [0.29, 0.717) is 10.8 Å². The Morgan fingerprint density at radius 1 is 0.875 bits per heavy atom. The van der Waals surface area contributed by atoms with Gasteiger partial charge in [-0.15, -0.1) is 0 Å². The minimum Gasteiger partial charge on any atom is -0.390 e. The number of hydrogen-bond acceptors (Lipinski definition) is 2. The molecule has 4 rings (SSSR count). The lowest BCUT2D eigenvalue weighted by Gasteiger charge is -2.63. The van der Waals surface area contributed by atoms with Crippen molar-refractivity contribution in [1.82, 2.24) is 0 Å². The van der Waals surface area contributed by atoms with Crippen molar-refractivity contribution in [3.63, 3.8) is 0 Å². The molecule has 0 radical (unpaired) electrons. The lowest BCUT2D eigenvalue weighted by Crippen LogP contribution is -2.57. The van der Waals surface area contributed by atoms with Crippen LogP contribution in [0.4, 0.5) is 0 Å². The van der Waals surface area contributed by atoms with Gasteiger partial charge in [-0.25, -0.2) is 0 Å². The second-order valence-corrected chi connectivity index (χ2v) is 10.9. The van der Waals surface area contributed by atoms with Gasteiger partial charge >= 0.3 is 0 Å². The molecule has 2 heteroatoms. The van der Waals surface area contributed by atoms with Crippen LogP contribution in [-0.4, -0.2) is 17.3 Å². The summed E-state index contributed by atoms with van der Waals surface area (Å²) >= 11 is 0. The van der Waals surface area contributed by atoms with Crippen LogP contribution < -0.4 is 5.73 Å². The van der Waals surface area contributed by atoms with E-state index in [9.17, 15) is 5.11 Å². The van der Waals surface area contributed by atoms with Gasteiger partial charge in [0.05, 0.1) is 5.60 Å². The number of nitrogens with two attached hydrogens (primary N) is 1. The molecule has 4 saturated carbocycles. The summed E-state index contributed by atoms with van der Waals surface area (Å²) in [6.07, 6.45) is 13.1. The molecule has 4 fully saturated rings. The Kier molecular flexibility index (Phi) is 4.12. The van der Waals surface area contributed by atoms with Crippen LogP contribution in [0.25, 0.3) is 0 Å². The highest BCUT2D eigenvalue weighted by Crippen LogP contribution is 2.65. The molecule has 2 unspecified atom stereocenters. The number of hydrogen-bond donors (Lipinski definition) is 2. The zero-order valence-electron chi connectivity index (χ0n) is 16.2. The van der Waals surface area contributed by atoms with Gasteiger partial charge in [0, 0.05) is 0 Å². The van der Waals surface area contributed by atoms with Crippen molar-refractivity contribution in [2.45, 2.75) is 90.6 Å². The molecule has 0 heterocycles. The first-order valence-corrected chi connectivity index (χ1v) is 10.7. The Balaban J connectivity index is 1.59. The normalized spacial score (nSPS) is 57.6. The summed E-state index contributed by atoms with van der Waals surface area (Å²) < 4.78 is 0. The summed E-state index contributed by atoms with van der Waals surface area (Å²) in [5.74, 6) is 4.41. The van der Waals surface area contributed by atoms with Crippen LogP contribution in [0.3, 0.4) is 0 Å². The molecule has 4 aliphatic carbocycles. The van der Waals surface area contributed by atoms with Crippen molar-refractivity contribution in [3.05, 3.63) is 0 Å². The second-order valence-electron chi connectivity index (χ2n) is 10.9. The fraction of sp³-hybridized carbons (Fsp3) is 1.00. The molecule has 0 saturated heterocycles. The molecular weight excluding hydrogens is 294 g/mol. The van der Waals surface area contributed by atoms with Crippen LogP contribution in [0.2, 0.25) is 0 Å². The first kappa shape index (κ1) is 17.3. The third-order valence-electron chi connectivity index (χ3n) is 9.45.